The van der Waals surface area contributed by atoms with Crippen LogP contribution < -0.4 is 5.32 Å². The van der Waals surface area contributed by atoms with Gasteiger partial charge in [-0.1, -0.05) is 328 Å². The molecule has 0 radical (unpaired) electrons. The minimum atomic E-state index is -1.61. The third-order valence-electron chi connectivity index (χ3n) is 16.7. The Balaban J connectivity index is 2.53. The van der Waals surface area contributed by atoms with E-state index < -0.39 is 67.4 Å². The molecule has 468 valence electrons. The summed E-state index contributed by atoms with van der Waals surface area (Å²) in [5.41, 5.74) is 0. The van der Waals surface area contributed by atoms with Gasteiger partial charge in [0.15, 0.2) is 12.4 Å². The van der Waals surface area contributed by atoms with E-state index in [1.54, 1.807) is 6.08 Å². The summed E-state index contributed by atoms with van der Waals surface area (Å²) in [6.07, 6.45) is 55.5. The van der Waals surface area contributed by atoms with E-state index in [0.717, 1.165) is 57.8 Å². The summed E-state index contributed by atoms with van der Waals surface area (Å²) in [7, 11) is 0. The molecule has 1 fully saturated rings. The Labute approximate surface area is 487 Å². The van der Waals surface area contributed by atoms with E-state index in [-0.39, 0.29) is 13.0 Å². The summed E-state index contributed by atoms with van der Waals surface area (Å²) in [5.74, 6) is -1.17. The number of carbonyl (C=O) groups excluding carboxylic acids is 2. The highest BCUT2D eigenvalue weighted by Gasteiger charge is 2.47. The lowest BCUT2D eigenvalue weighted by Crippen LogP contribution is -2.61. The zero-order valence-corrected chi connectivity index (χ0v) is 52.0. The number of ether oxygens (including phenoxy) is 3. The molecule has 0 aromatic heterocycles. The molecular formula is C68H131NO10. The number of allylic oxidation sites excluding steroid dienone is 1. The van der Waals surface area contributed by atoms with Crippen LogP contribution in [-0.4, -0.2) is 99.6 Å². The molecule has 1 rings (SSSR count). The van der Waals surface area contributed by atoms with Crippen LogP contribution >= 0.6 is 0 Å². The molecule has 11 nitrogen and oxygen atoms in total. The summed E-state index contributed by atoms with van der Waals surface area (Å²) in [5, 5.41) is 57.1. The molecule has 0 saturated carbocycles. The number of rotatable bonds is 60. The Morgan fingerprint density at radius 3 is 1.19 bits per heavy atom. The molecule has 8 atom stereocenters. The Hall–Kier alpha value is -1.60. The summed E-state index contributed by atoms with van der Waals surface area (Å²) in [4.78, 5) is 26.6. The second kappa shape index (κ2) is 56.9. The number of hydrogen-bond acceptors (Lipinski definition) is 10. The number of esters is 1. The normalized spacial score (nSPS) is 18.8. The topological polar surface area (TPSA) is 175 Å². The third-order valence-corrected chi connectivity index (χ3v) is 16.7. The van der Waals surface area contributed by atoms with E-state index in [0.29, 0.717) is 19.3 Å². The second-order valence-corrected chi connectivity index (χ2v) is 24.3. The molecule has 0 aliphatic carbocycles. The average molecular weight is 1120 g/mol. The van der Waals surface area contributed by atoms with Gasteiger partial charge in [0.2, 0.25) is 5.91 Å². The SMILES string of the molecule is CCCCCCCCCCCC/C=C/C(O)C(COC1OC(CO)C(O)C(O)C1OC(=O)CCCCCCCCCCCCCCCCCCCCCCCCCCC)NC(=O)C(O)CCCCCCCCCCCCCCC. The van der Waals surface area contributed by atoms with Crippen molar-refractivity contribution in [3.63, 3.8) is 0 Å². The predicted octanol–water partition coefficient (Wildman–Crippen LogP) is 17.1. The number of unbranched alkanes of at least 4 members (excludes halogenated alkanes) is 46. The van der Waals surface area contributed by atoms with Crippen molar-refractivity contribution in [2.45, 2.75) is 397 Å². The van der Waals surface area contributed by atoms with Gasteiger partial charge >= 0.3 is 5.97 Å². The quantitative estimate of drug-likeness (QED) is 0.0195. The summed E-state index contributed by atoms with van der Waals surface area (Å²) in [6.45, 7) is 5.84. The third kappa shape index (κ3) is 44.6. The Kier molecular flexibility index (Phi) is 54.3. The molecule has 1 amide bonds. The molecule has 1 heterocycles. The smallest absolute Gasteiger partial charge is 0.306 e. The van der Waals surface area contributed by atoms with Crippen LogP contribution in [0.4, 0.5) is 0 Å². The lowest BCUT2D eigenvalue weighted by Gasteiger charge is -2.41. The molecule has 1 aliphatic heterocycles. The lowest BCUT2D eigenvalue weighted by atomic mass is 9.99. The van der Waals surface area contributed by atoms with Crippen molar-refractivity contribution in [1.82, 2.24) is 5.32 Å². The number of hydrogen-bond donors (Lipinski definition) is 6. The number of aliphatic hydroxyl groups is 5. The number of carbonyl (C=O) groups is 2. The molecular weight excluding hydrogens is 991 g/mol. The minimum absolute atomic E-state index is 0.132. The predicted molar refractivity (Wildman–Crippen MR) is 329 cm³/mol. The van der Waals surface area contributed by atoms with E-state index >= 15 is 0 Å². The Morgan fingerprint density at radius 1 is 0.481 bits per heavy atom. The number of nitrogens with one attached hydrogen (secondary N) is 1. The van der Waals surface area contributed by atoms with Gasteiger partial charge in [-0.15, -0.1) is 0 Å². The van der Waals surface area contributed by atoms with Crippen LogP contribution in [0.2, 0.25) is 0 Å². The highest BCUT2D eigenvalue weighted by atomic mass is 16.7. The van der Waals surface area contributed by atoms with Gasteiger partial charge < -0.3 is 45.1 Å². The molecule has 8 unspecified atom stereocenters. The maximum Gasteiger partial charge on any atom is 0.306 e. The van der Waals surface area contributed by atoms with Gasteiger partial charge in [0, 0.05) is 6.42 Å². The van der Waals surface area contributed by atoms with Crippen molar-refractivity contribution in [3.8, 4) is 0 Å². The van der Waals surface area contributed by atoms with Gasteiger partial charge in [-0.3, -0.25) is 9.59 Å². The maximum atomic E-state index is 13.4. The average Bonchev–Trinajstić information content (AvgIpc) is 3.46. The number of aliphatic hydroxyl groups excluding tert-OH is 5. The molecule has 11 heteroatoms. The molecule has 6 N–H and O–H groups in total. The van der Waals surface area contributed by atoms with E-state index in [1.165, 1.54) is 244 Å². The minimum Gasteiger partial charge on any atom is -0.454 e. The molecule has 1 aliphatic rings. The molecule has 0 spiro atoms. The van der Waals surface area contributed by atoms with Crippen LogP contribution in [0.15, 0.2) is 12.2 Å². The fourth-order valence-electron chi connectivity index (χ4n) is 11.2. The first kappa shape index (κ1) is 75.4. The van der Waals surface area contributed by atoms with E-state index in [1.807, 2.05) is 6.08 Å². The van der Waals surface area contributed by atoms with Crippen LogP contribution in [0.5, 0.6) is 0 Å². The monoisotopic (exact) mass is 1120 g/mol. The zero-order chi connectivity index (χ0) is 57.5. The second-order valence-electron chi connectivity index (χ2n) is 24.3. The van der Waals surface area contributed by atoms with E-state index in [2.05, 4.69) is 26.1 Å². The summed E-state index contributed by atoms with van der Waals surface area (Å²) < 4.78 is 17.7. The maximum absolute atomic E-state index is 13.4. The van der Waals surface area contributed by atoms with Crippen molar-refractivity contribution in [3.05, 3.63) is 12.2 Å². The lowest BCUT2D eigenvalue weighted by molar-refractivity contribution is -0.305. The van der Waals surface area contributed by atoms with Gasteiger partial charge in [-0.2, -0.15) is 0 Å². The standard InChI is InChI=1S/C68H131NO10/c1-4-7-10-13-16-19-22-25-26-27-28-29-30-31-32-33-34-35-36-38-41-44-47-50-53-56-63(73)79-66-65(75)64(74)62(57-70)78-68(66)77-58-59(60(71)54-51-48-45-42-39-24-21-18-15-12-9-6-3)69-67(76)61(72)55-52-49-46-43-40-37-23-20-17-14-11-8-5-2/h51,54,59-62,64-66,68,70-72,74-75H,4-50,52-53,55-58H2,1-3H3,(H,69,76)/b54-51+. The molecule has 79 heavy (non-hydrogen) atoms. The van der Waals surface area contributed by atoms with Crippen molar-refractivity contribution >= 4 is 11.9 Å². The van der Waals surface area contributed by atoms with Crippen molar-refractivity contribution in [2.75, 3.05) is 13.2 Å². The number of amides is 1. The van der Waals surface area contributed by atoms with Crippen LogP contribution in [0.3, 0.4) is 0 Å². The van der Waals surface area contributed by atoms with Crippen molar-refractivity contribution < 1.29 is 49.3 Å². The van der Waals surface area contributed by atoms with Crippen LogP contribution in [-0.2, 0) is 23.8 Å². The fourth-order valence-corrected chi connectivity index (χ4v) is 11.2. The van der Waals surface area contributed by atoms with E-state index in [9.17, 15) is 35.1 Å². The van der Waals surface area contributed by atoms with Crippen LogP contribution in [0, 0.1) is 0 Å². The van der Waals surface area contributed by atoms with Crippen molar-refractivity contribution in [2.24, 2.45) is 0 Å². The van der Waals surface area contributed by atoms with Crippen LogP contribution in [0.25, 0.3) is 0 Å². The molecule has 0 bridgehead atoms. The van der Waals surface area contributed by atoms with E-state index in [4.69, 9.17) is 14.2 Å². The van der Waals surface area contributed by atoms with Gasteiger partial charge in [0.1, 0.15) is 24.4 Å². The van der Waals surface area contributed by atoms with Crippen molar-refractivity contribution in [1.29, 1.82) is 0 Å². The molecule has 1 saturated heterocycles. The first-order valence-electron chi connectivity index (χ1n) is 34.5. The van der Waals surface area contributed by atoms with Gasteiger partial charge in [0.25, 0.3) is 0 Å². The van der Waals surface area contributed by atoms with Gasteiger partial charge in [-0.25, -0.2) is 0 Å². The molecule has 0 aromatic carbocycles. The fraction of sp³-hybridized carbons (Fsp3) is 0.941. The first-order valence-corrected chi connectivity index (χ1v) is 34.5. The highest BCUT2D eigenvalue weighted by Crippen LogP contribution is 2.26. The van der Waals surface area contributed by atoms with Gasteiger partial charge in [-0.05, 0) is 25.7 Å². The Morgan fingerprint density at radius 2 is 0.823 bits per heavy atom. The molecule has 0 aromatic rings. The van der Waals surface area contributed by atoms with Crippen LogP contribution in [0.1, 0.15) is 348 Å². The first-order chi connectivity index (χ1) is 38.7. The zero-order valence-electron chi connectivity index (χ0n) is 52.0. The van der Waals surface area contributed by atoms with Gasteiger partial charge in [0.05, 0.1) is 25.4 Å². The summed E-state index contributed by atoms with van der Waals surface area (Å²) in [6, 6.07) is -1.02. The largest absolute Gasteiger partial charge is 0.454 e. The summed E-state index contributed by atoms with van der Waals surface area (Å²) >= 11 is 0. The highest BCUT2D eigenvalue weighted by molar-refractivity contribution is 5.80. The Bertz CT molecular complexity index is 1340.